The molecule has 1 aromatic heterocycles. The van der Waals surface area contributed by atoms with Crippen molar-refractivity contribution in [2.75, 3.05) is 5.73 Å². The van der Waals surface area contributed by atoms with Gasteiger partial charge in [-0.2, -0.15) is 0 Å². The fourth-order valence-corrected chi connectivity index (χ4v) is 4.75. The molecule has 2 atom stereocenters. The Kier molecular flexibility index (Phi) is 2.53. The van der Waals surface area contributed by atoms with Gasteiger partial charge in [0.2, 0.25) is 0 Å². The lowest BCUT2D eigenvalue weighted by Crippen LogP contribution is -1.95. The first-order valence-electron chi connectivity index (χ1n) is 7.40. The van der Waals surface area contributed by atoms with Gasteiger partial charge in [-0.25, -0.2) is 4.98 Å². The highest BCUT2D eigenvalue weighted by atomic mass is 32.1. The van der Waals surface area contributed by atoms with Crippen LogP contribution in [0.5, 0.6) is 0 Å². The summed E-state index contributed by atoms with van der Waals surface area (Å²) in [6.45, 7) is 4.73. The van der Waals surface area contributed by atoms with Gasteiger partial charge in [0.15, 0.2) is 5.13 Å². The number of nitrogen functional groups attached to an aromatic ring is 1. The van der Waals surface area contributed by atoms with Crippen molar-refractivity contribution in [3.63, 3.8) is 0 Å². The molecular weight excluding hydrogens is 264 g/mol. The molecule has 2 aliphatic rings. The van der Waals surface area contributed by atoms with Crippen LogP contribution in [0.25, 0.3) is 0 Å². The van der Waals surface area contributed by atoms with Gasteiger partial charge in [0.1, 0.15) is 0 Å². The zero-order valence-corrected chi connectivity index (χ0v) is 12.8. The largest absolute Gasteiger partial charge is 0.375 e. The average Bonchev–Trinajstić information content (AvgIpc) is 2.83. The lowest BCUT2D eigenvalue weighted by molar-refractivity contribution is 0.597. The van der Waals surface area contributed by atoms with E-state index in [0.717, 1.165) is 0 Å². The van der Waals surface area contributed by atoms with Crippen molar-refractivity contribution >= 4 is 16.5 Å². The number of nitrogens with two attached hydrogens (primary N) is 1. The highest BCUT2D eigenvalue weighted by Gasteiger charge is 2.60. The van der Waals surface area contributed by atoms with E-state index >= 15 is 0 Å². The molecule has 20 heavy (non-hydrogen) atoms. The number of aromatic nitrogens is 1. The topological polar surface area (TPSA) is 38.9 Å². The second-order valence-electron chi connectivity index (χ2n) is 6.73. The number of thiazole rings is 1. The Morgan fingerprint density at radius 2 is 2.10 bits per heavy atom. The van der Waals surface area contributed by atoms with Crippen LogP contribution >= 0.6 is 11.3 Å². The van der Waals surface area contributed by atoms with Crippen LogP contribution in [0.4, 0.5) is 5.13 Å². The highest BCUT2D eigenvalue weighted by molar-refractivity contribution is 7.13. The fraction of sp³-hybridized carbons (Fsp3) is 0.471. The minimum absolute atomic E-state index is 0.304. The van der Waals surface area contributed by atoms with Crippen molar-refractivity contribution in [1.29, 1.82) is 0 Å². The predicted octanol–water partition coefficient (Wildman–Crippen LogP) is 4.12. The van der Waals surface area contributed by atoms with Gasteiger partial charge in [0.05, 0.1) is 5.69 Å². The SMILES string of the molecule is CC1(C)[C@H](c2csc(N)n2)[C@H]1c1cccc2c1CCC2. The Hall–Kier alpha value is -1.35. The van der Waals surface area contributed by atoms with Gasteiger partial charge < -0.3 is 5.73 Å². The molecule has 2 aliphatic carbocycles. The minimum atomic E-state index is 0.304. The van der Waals surface area contributed by atoms with Crippen LogP contribution in [0.2, 0.25) is 0 Å². The van der Waals surface area contributed by atoms with Crippen molar-refractivity contribution in [1.82, 2.24) is 4.98 Å². The maximum Gasteiger partial charge on any atom is 0.180 e. The fourth-order valence-electron chi connectivity index (χ4n) is 4.15. The average molecular weight is 284 g/mol. The zero-order valence-electron chi connectivity index (χ0n) is 12.0. The standard InChI is InChI=1S/C17H20N2S/c1-17(2)14(15(17)13-9-20-16(18)19-13)12-8-4-6-10-5-3-7-11(10)12/h4,6,8-9,14-15H,3,5,7H2,1-2H3,(H2,18,19)/t14-,15-/m1/s1. The van der Waals surface area contributed by atoms with Crippen LogP contribution in [0.1, 0.15) is 54.5 Å². The van der Waals surface area contributed by atoms with E-state index < -0.39 is 0 Å². The van der Waals surface area contributed by atoms with Crippen molar-refractivity contribution < 1.29 is 0 Å². The second kappa shape index (κ2) is 4.08. The van der Waals surface area contributed by atoms with E-state index in [9.17, 15) is 0 Å². The number of benzene rings is 1. The van der Waals surface area contributed by atoms with E-state index in [4.69, 9.17) is 5.73 Å². The number of nitrogens with zero attached hydrogens (tertiary/aromatic N) is 1. The highest BCUT2D eigenvalue weighted by Crippen LogP contribution is 2.70. The van der Waals surface area contributed by atoms with E-state index in [0.29, 0.717) is 22.4 Å². The van der Waals surface area contributed by atoms with Crippen molar-refractivity contribution in [2.24, 2.45) is 5.41 Å². The molecule has 1 heterocycles. The summed E-state index contributed by atoms with van der Waals surface area (Å²) in [5.74, 6) is 1.14. The molecule has 0 amide bonds. The first-order chi connectivity index (χ1) is 9.59. The molecule has 2 nitrogen and oxygen atoms in total. The predicted molar refractivity (Wildman–Crippen MR) is 84.3 cm³/mol. The van der Waals surface area contributed by atoms with Gasteiger partial charge in [-0.05, 0) is 47.3 Å². The first kappa shape index (κ1) is 12.4. The molecule has 4 rings (SSSR count). The van der Waals surface area contributed by atoms with E-state index in [1.807, 2.05) is 0 Å². The minimum Gasteiger partial charge on any atom is -0.375 e. The summed E-state index contributed by atoms with van der Waals surface area (Å²) >= 11 is 1.56. The maximum absolute atomic E-state index is 5.81. The second-order valence-corrected chi connectivity index (χ2v) is 7.62. The molecule has 2 N–H and O–H groups in total. The molecule has 1 fully saturated rings. The van der Waals surface area contributed by atoms with E-state index in [2.05, 4.69) is 42.4 Å². The molecule has 0 unspecified atom stereocenters. The summed E-state index contributed by atoms with van der Waals surface area (Å²) in [5, 5.41) is 2.84. The molecule has 0 saturated heterocycles. The van der Waals surface area contributed by atoms with Gasteiger partial charge in [-0.15, -0.1) is 11.3 Å². The molecule has 0 bridgehead atoms. The number of fused-ring (bicyclic) bond motifs is 1. The van der Waals surface area contributed by atoms with Gasteiger partial charge in [-0.1, -0.05) is 32.0 Å². The Bertz CT molecular complexity index is 671. The maximum atomic E-state index is 5.81. The monoisotopic (exact) mass is 284 g/mol. The molecule has 0 spiro atoms. The number of aryl methyl sites for hydroxylation is 1. The Morgan fingerprint density at radius 3 is 2.85 bits per heavy atom. The number of rotatable bonds is 2. The van der Waals surface area contributed by atoms with Gasteiger partial charge in [-0.3, -0.25) is 0 Å². The van der Waals surface area contributed by atoms with Crippen LogP contribution in [0, 0.1) is 5.41 Å². The number of hydrogen-bond donors (Lipinski definition) is 1. The summed E-state index contributed by atoms with van der Waals surface area (Å²) in [6.07, 6.45) is 3.82. The summed E-state index contributed by atoms with van der Waals surface area (Å²) < 4.78 is 0. The van der Waals surface area contributed by atoms with Gasteiger partial charge in [0.25, 0.3) is 0 Å². The molecule has 0 radical (unpaired) electrons. The lowest BCUT2D eigenvalue weighted by Gasteiger charge is -2.09. The normalized spacial score (nSPS) is 26.5. The number of hydrogen-bond acceptors (Lipinski definition) is 3. The van der Waals surface area contributed by atoms with Crippen LogP contribution < -0.4 is 5.73 Å². The lowest BCUT2D eigenvalue weighted by atomic mass is 9.96. The third-order valence-corrected chi connectivity index (χ3v) is 5.90. The molecule has 0 aliphatic heterocycles. The summed E-state index contributed by atoms with van der Waals surface area (Å²) in [5.41, 5.74) is 12.1. The Labute approximate surface area is 124 Å². The summed E-state index contributed by atoms with van der Waals surface area (Å²) in [4.78, 5) is 4.53. The smallest absolute Gasteiger partial charge is 0.180 e. The molecular formula is C17H20N2S. The summed E-state index contributed by atoms with van der Waals surface area (Å²) in [7, 11) is 0. The molecule has 104 valence electrons. The third-order valence-electron chi connectivity index (χ3n) is 5.20. The van der Waals surface area contributed by atoms with Gasteiger partial charge >= 0.3 is 0 Å². The molecule has 1 saturated carbocycles. The first-order valence-corrected chi connectivity index (χ1v) is 8.28. The van der Waals surface area contributed by atoms with Crippen LogP contribution in [0.3, 0.4) is 0 Å². The summed E-state index contributed by atoms with van der Waals surface area (Å²) in [6, 6.07) is 6.88. The van der Waals surface area contributed by atoms with Crippen molar-refractivity contribution in [2.45, 2.75) is 44.9 Å². The van der Waals surface area contributed by atoms with Gasteiger partial charge in [0, 0.05) is 11.3 Å². The van der Waals surface area contributed by atoms with E-state index in [1.54, 1.807) is 28.0 Å². The van der Waals surface area contributed by atoms with Crippen molar-refractivity contribution in [3.8, 4) is 0 Å². The van der Waals surface area contributed by atoms with Crippen molar-refractivity contribution in [3.05, 3.63) is 46.0 Å². The van der Waals surface area contributed by atoms with Crippen LogP contribution in [-0.4, -0.2) is 4.98 Å². The Morgan fingerprint density at radius 1 is 1.25 bits per heavy atom. The molecule has 1 aromatic carbocycles. The van der Waals surface area contributed by atoms with Crippen LogP contribution in [-0.2, 0) is 12.8 Å². The number of anilines is 1. The third kappa shape index (κ3) is 1.65. The molecule has 2 aromatic rings. The van der Waals surface area contributed by atoms with Crippen LogP contribution in [0.15, 0.2) is 23.6 Å². The Balaban J connectivity index is 1.75. The zero-order chi connectivity index (χ0) is 13.9. The quantitative estimate of drug-likeness (QED) is 0.901. The van der Waals surface area contributed by atoms with E-state index in [-0.39, 0.29) is 0 Å². The van der Waals surface area contributed by atoms with E-state index in [1.165, 1.54) is 25.0 Å². The molecule has 3 heteroatoms.